The highest BCUT2D eigenvalue weighted by Crippen LogP contribution is 2.26. The Hall–Kier alpha value is -2.90. The van der Waals surface area contributed by atoms with Crippen LogP contribution < -0.4 is 15.5 Å². The topological polar surface area (TPSA) is 87.4 Å². The molecule has 0 unspecified atom stereocenters. The third kappa shape index (κ3) is 4.19. The van der Waals surface area contributed by atoms with Crippen LogP contribution in [0.5, 0.6) is 0 Å². The lowest BCUT2D eigenvalue weighted by molar-refractivity contribution is -0.117. The van der Waals surface area contributed by atoms with Crippen molar-refractivity contribution < 1.29 is 4.79 Å². The number of anilines is 1. The van der Waals surface area contributed by atoms with Crippen molar-refractivity contribution in [3.63, 3.8) is 0 Å². The second kappa shape index (κ2) is 8.46. The van der Waals surface area contributed by atoms with Gasteiger partial charge in [-0.3, -0.25) is 9.48 Å². The number of aryl methyl sites for hydroxylation is 2. The van der Waals surface area contributed by atoms with Crippen molar-refractivity contribution in [2.45, 2.75) is 26.3 Å². The Balaban J connectivity index is 1.62. The van der Waals surface area contributed by atoms with E-state index in [9.17, 15) is 4.79 Å². The van der Waals surface area contributed by atoms with Gasteiger partial charge in [-0.05, 0) is 31.4 Å². The van der Waals surface area contributed by atoms with Crippen LogP contribution in [0, 0.1) is 0 Å². The Kier molecular flexibility index (Phi) is 5.83. The molecule has 0 saturated carbocycles. The second-order valence-electron chi connectivity index (χ2n) is 6.13. The first kappa shape index (κ1) is 17.9. The number of amides is 1. The fourth-order valence-corrected chi connectivity index (χ4v) is 3.00. The summed E-state index contributed by atoms with van der Waals surface area (Å²) in [6, 6.07) is 8.10. The lowest BCUT2D eigenvalue weighted by Crippen LogP contribution is -2.46. The number of hydrogen-bond donors (Lipinski definition) is 2. The normalized spacial score (nSPS) is 14.1. The van der Waals surface area contributed by atoms with Crippen LogP contribution in [0.2, 0.25) is 0 Å². The van der Waals surface area contributed by atoms with Gasteiger partial charge < -0.3 is 15.5 Å². The molecule has 0 radical (unpaired) electrons. The highest BCUT2D eigenvalue weighted by Gasteiger charge is 2.21. The van der Waals surface area contributed by atoms with Gasteiger partial charge in [0.05, 0.1) is 6.54 Å². The van der Waals surface area contributed by atoms with E-state index in [2.05, 4.69) is 31.8 Å². The van der Waals surface area contributed by atoms with E-state index in [1.54, 1.807) is 4.68 Å². The summed E-state index contributed by atoms with van der Waals surface area (Å²) in [5.74, 6) is 1.40. The highest BCUT2D eigenvalue weighted by molar-refractivity contribution is 5.98. The predicted octanol–water partition coefficient (Wildman–Crippen LogP) is 0.850. The number of nitrogens with zero attached hydrogens (tertiary/aromatic N) is 5. The van der Waals surface area contributed by atoms with Gasteiger partial charge in [-0.25, -0.2) is 9.98 Å². The summed E-state index contributed by atoms with van der Waals surface area (Å²) < 4.78 is 1.68. The van der Waals surface area contributed by atoms with Crippen molar-refractivity contribution in [3.8, 4) is 0 Å². The number of benzene rings is 1. The van der Waals surface area contributed by atoms with Crippen molar-refractivity contribution >= 4 is 17.6 Å². The Labute approximate surface area is 153 Å². The summed E-state index contributed by atoms with van der Waals surface area (Å²) >= 11 is 0. The molecule has 1 amide bonds. The maximum Gasteiger partial charge on any atom is 0.246 e. The minimum absolute atomic E-state index is 0.0430. The van der Waals surface area contributed by atoms with Gasteiger partial charge in [-0.2, -0.15) is 5.10 Å². The van der Waals surface area contributed by atoms with Crippen molar-refractivity contribution in [3.05, 3.63) is 42.0 Å². The van der Waals surface area contributed by atoms with Crippen molar-refractivity contribution in [2.24, 2.45) is 12.0 Å². The number of aliphatic imine (C=N–C) groups is 1. The molecule has 0 spiro atoms. The zero-order valence-corrected chi connectivity index (χ0v) is 15.3. The number of rotatable bonds is 5. The number of hydrogen-bond acceptors (Lipinski definition) is 4. The molecule has 1 aliphatic heterocycles. The first-order chi connectivity index (χ1) is 12.7. The monoisotopic (exact) mass is 355 g/mol. The Morgan fingerprint density at radius 1 is 1.31 bits per heavy atom. The Bertz CT molecular complexity index is 783. The molecule has 2 heterocycles. The maximum atomic E-state index is 12.7. The summed E-state index contributed by atoms with van der Waals surface area (Å²) in [5, 5.41) is 10.3. The molecule has 0 saturated heterocycles. The lowest BCUT2D eigenvalue weighted by Gasteiger charge is -2.29. The van der Waals surface area contributed by atoms with E-state index >= 15 is 0 Å². The van der Waals surface area contributed by atoms with Crippen LogP contribution in [-0.2, 0) is 24.8 Å². The van der Waals surface area contributed by atoms with E-state index in [1.165, 1.54) is 11.9 Å². The van der Waals surface area contributed by atoms with Crippen LogP contribution in [-0.4, -0.2) is 46.3 Å². The van der Waals surface area contributed by atoms with Crippen molar-refractivity contribution in [1.29, 1.82) is 0 Å². The molecule has 138 valence electrons. The average molecular weight is 355 g/mol. The summed E-state index contributed by atoms with van der Waals surface area (Å²) in [6.07, 6.45) is 3.51. The number of nitrogens with one attached hydrogen (secondary N) is 2. The number of guanidine groups is 1. The smallest absolute Gasteiger partial charge is 0.246 e. The van der Waals surface area contributed by atoms with Crippen LogP contribution in [0.25, 0.3) is 0 Å². The zero-order chi connectivity index (χ0) is 18.4. The molecular weight excluding hydrogens is 330 g/mol. The predicted molar refractivity (Wildman–Crippen MR) is 101 cm³/mol. The molecule has 1 aromatic heterocycles. The maximum absolute atomic E-state index is 12.7. The highest BCUT2D eigenvalue weighted by atomic mass is 16.2. The molecule has 2 N–H and O–H groups in total. The van der Waals surface area contributed by atoms with Gasteiger partial charge in [0.1, 0.15) is 18.7 Å². The van der Waals surface area contributed by atoms with Crippen LogP contribution in [0.1, 0.15) is 24.7 Å². The van der Waals surface area contributed by atoms with Crippen LogP contribution in [0.4, 0.5) is 5.69 Å². The Morgan fingerprint density at radius 3 is 2.92 bits per heavy atom. The van der Waals surface area contributed by atoms with Gasteiger partial charge in [0.15, 0.2) is 5.96 Å². The zero-order valence-electron chi connectivity index (χ0n) is 15.3. The van der Waals surface area contributed by atoms with E-state index in [0.29, 0.717) is 19.0 Å². The Morgan fingerprint density at radius 2 is 2.15 bits per heavy atom. The van der Waals surface area contributed by atoms with E-state index in [0.717, 1.165) is 30.9 Å². The molecule has 0 atom stereocenters. The van der Waals surface area contributed by atoms with Gasteiger partial charge in [0, 0.05) is 25.8 Å². The number of carbonyl (C=O) groups excluding carboxylic acids is 1. The number of aromatic nitrogens is 3. The molecule has 3 rings (SSSR count). The third-order valence-corrected chi connectivity index (χ3v) is 4.35. The van der Waals surface area contributed by atoms with Crippen LogP contribution in [0.3, 0.4) is 0 Å². The van der Waals surface area contributed by atoms with Gasteiger partial charge in [-0.15, -0.1) is 0 Å². The summed E-state index contributed by atoms with van der Waals surface area (Å²) in [7, 11) is 1.83. The molecule has 8 heteroatoms. The number of carbonyl (C=O) groups is 1. The van der Waals surface area contributed by atoms with Gasteiger partial charge in [0.25, 0.3) is 0 Å². The minimum atomic E-state index is 0.0430. The molecule has 0 fully saturated rings. The van der Waals surface area contributed by atoms with Gasteiger partial charge >= 0.3 is 0 Å². The van der Waals surface area contributed by atoms with Crippen LogP contribution >= 0.6 is 0 Å². The van der Waals surface area contributed by atoms with E-state index < -0.39 is 0 Å². The molecule has 8 nitrogen and oxygen atoms in total. The molecular formula is C18H25N7O. The van der Waals surface area contributed by atoms with E-state index in [4.69, 9.17) is 0 Å². The third-order valence-electron chi connectivity index (χ3n) is 4.35. The molecule has 2 aromatic rings. The largest absolute Gasteiger partial charge is 0.357 e. The quantitative estimate of drug-likeness (QED) is 0.613. The number of fused-ring (bicyclic) bond motifs is 1. The fraction of sp³-hybridized carbons (Fsp3) is 0.444. The minimum Gasteiger partial charge on any atom is -0.357 e. The number of para-hydroxylation sites is 1. The molecule has 1 aliphatic rings. The van der Waals surface area contributed by atoms with Gasteiger partial charge in [0.2, 0.25) is 5.91 Å². The molecule has 0 aliphatic carbocycles. The molecule has 1 aromatic carbocycles. The first-order valence-corrected chi connectivity index (χ1v) is 8.92. The second-order valence-corrected chi connectivity index (χ2v) is 6.13. The van der Waals surface area contributed by atoms with Crippen molar-refractivity contribution in [2.75, 3.05) is 24.5 Å². The molecule has 26 heavy (non-hydrogen) atoms. The SMILES string of the molecule is CCNC(=NCc1ncnn1C)NCC(=O)N1CCCc2ccccc21. The summed E-state index contributed by atoms with van der Waals surface area (Å²) in [6.45, 7) is 4.04. The molecule has 0 bridgehead atoms. The van der Waals surface area contributed by atoms with E-state index in [1.807, 2.05) is 37.1 Å². The average Bonchev–Trinajstić information content (AvgIpc) is 3.08. The van der Waals surface area contributed by atoms with Crippen LogP contribution in [0.15, 0.2) is 35.6 Å². The van der Waals surface area contributed by atoms with Crippen molar-refractivity contribution in [1.82, 2.24) is 25.4 Å². The van der Waals surface area contributed by atoms with Gasteiger partial charge in [-0.1, -0.05) is 18.2 Å². The fourth-order valence-electron chi connectivity index (χ4n) is 3.00. The summed E-state index contributed by atoms with van der Waals surface area (Å²) in [4.78, 5) is 23.2. The lowest BCUT2D eigenvalue weighted by atomic mass is 10.0. The summed E-state index contributed by atoms with van der Waals surface area (Å²) in [5.41, 5.74) is 2.25. The first-order valence-electron chi connectivity index (χ1n) is 8.92. The standard InChI is InChI=1S/C18H25N7O/c1-3-19-18(20-11-16-22-13-23-24(16)2)21-12-17(26)25-10-6-8-14-7-4-5-9-15(14)25/h4-5,7,9,13H,3,6,8,10-12H2,1-2H3,(H2,19,20,21). The van der Waals surface area contributed by atoms with E-state index in [-0.39, 0.29) is 12.5 Å².